The van der Waals surface area contributed by atoms with Crippen molar-refractivity contribution in [1.29, 1.82) is 0 Å². The van der Waals surface area contributed by atoms with Crippen molar-refractivity contribution < 1.29 is 0 Å². The van der Waals surface area contributed by atoms with Crippen molar-refractivity contribution in [3.8, 4) is 17.5 Å². The van der Waals surface area contributed by atoms with Gasteiger partial charge in [0.1, 0.15) is 0 Å². The van der Waals surface area contributed by atoms with Crippen molar-refractivity contribution in [2.75, 3.05) is 0 Å². The van der Waals surface area contributed by atoms with Gasteiger partial charge in [-0.05, 0) is 53.6 Å². The number of nitrogens with zero attached hydrogens (tertiary/aromatic N) is 1. The summed E-state index contributed by atoms with van der Waals surface area (Å²) in [6, 6.07) is 31.6. The molecule has 1 heteroatoms. The third-order valence-electron chi connectivity index (χ3n) is 5.17. The smallest absolute Gasteiger partial charge is 0.0612 e. The quantitative estimate of drug-likeness (QED) is 0.302. The van der Waals surface area contributed by atoms with Crippen LogP contribution in [0.25, 0.3) is 27.4 Å². The van der Waals surface area contributed by atoms with Crippen LogP contribution in [0.3, 0.4) is 0 Å². The Morgan fingerprint density at radius 3 is 2.36 bits per heavy atom. The molecule has 0 aliphatic carbocycles. The van der Waals surface area contributed by atoms with E-state index in [9.17, 15) is 0 Å². The number of fused-ring (bicyclic) bond motifs is 2. The van der Waals surface area contributed by atoms with Crippen LogP contribution in [0.1, 0.15) is 16.7 Å². The van der Waals surface area contributed by atoms with E-state index in [0.29, 0.717) is 0 Å². The molecular weight excluding hydrogens is 338 g/mol. The first-order valence-corrected chi connectivity index (χ1v) is 9.46. The highest BCUT2D eigenvalue weighted by molar-refractivity contribution is 5.86. The molecule has 0 amide bonds. The van der Waals surface area contributed by atoms with Crippen LogP contribution in [0.2, 0.25) is 0 Å². The van der Waals surface area contributed by atoms with Crippen LogP contribution in [-0.2, 0) is 0 Å². The van der Waals surface area contributed by atoms with Gasteiger partial charge in [0, 0.05) is 22.7 Å². The molecule has 4 aromatic carbocycles. The predicted molar refractivity (Wildman–Crippen MR) is 118 cm³/mol. The van der Waals surface area contributed by atoms with Gasteiger partial charge in [-0.25, -0.2) is 0 Å². The number of aryl methyl sites for hydroxylation is 1. The molecule has 0 saturated carbocycles. The third kappa shape index (κ3) is 2.86. The van der Waals surface area contributed by atoms with Gasteiger partial charge in [0.25, 0.3) is 0 Å². The molecular formula is C27H19N. The minimum absolute atomic E-state index is 1.02. The average molecular weight is 357 g/mol. The monoisotopic (exact) mass is 357 g/mol. The first-order chi connectivity index (χ1) is 13.8. The van der Waals surface area contributed by atoms with Crippen LogP contribution in [0, 0.1) is 18.8 Å². The van der Waals surface area contributed by atoms with Gasteiger partial charge in [-0.3, -0.25) is 0 Å². The van der Waals surface area contributed by atoms with E-state index in [1.165, 1.54) is 27.2 Å². The van der Waals surface area contributed by atoms with E-state index in [-0.39, 0.29) is 0 Å². The van der Waals surface area contributed by atoms with Crippen molar-refractivity contribution in [3.63, 3.8) is 0 Å². The highest BCUT2D eigenvalue weighted by Gasteiger charge is 2.08. The SMILES string of the molecule is Cc1cn(-c2ccccc2C#Cc2ccc3ccccc3c2)c2ccccc12. The molecule has 5 rings (SSSR count). The zero-order valence-electron chi connectivity index (χ0n) is 15.7. The maximum absolute atomic E-state index is 3.40. The standard InChI is InChI=1S/C27H19N/c1-20-19-28(27-13-7-5-11-25(20)27)26-12-6-4-9-23(26)17-15-21-14-16-22-8-2-3-10-24(22)18-21/h2-14,16,18-19H,1H3. The lowest BCUT2D eigenvalue weighted by Crippen LogP contribution is -1.95. The van der Waals surface area contributed by atoms with Gasteiger partial charge in [0.15, 0.2) is 0 Å². The summed E-state index contributed by atoms with van der Waals surface area (Å²) in [5.74, 6) is 6.75. The second-order valence-corrected chi connectivity index (χ2v) is 7.03. The van der Waals surface area contributed by atoms with Gasteiger partial charge in [-0.1, -0.05) is 72.5 Å². The molecule has 0 aliphatic heterocycles. The summed E-state index contributed by atoms with van der Waals surface area (Å²) in [6.45, 7) is 2.15. The fourth-order valence-corrected chi connectivity index (χ4v) is 3.75. The number of hydrogen-bond donors (Lipinski definition) is 0. The topological polar surface area (TPSA) is 4.93 Å². The van der Waals surface area contributed by atoms with Crippen molar-refractivity contribution in [2.24, 2.45) is 0 Å². The van der Waals surface area contributed by atoms with Crippen LogP contribution in [-0.4, -0.2) is 4.57 Å². The number of aromatic nitrogens is 1. The van der Waals surface area contributed by atoms with Crippen LogP contribution in [0.5, 0.6) is 0 Å². The zero-order chi connectivity index (χ0) is 18.9. The fourth-order valence-electron chi connectivity index (χ4n) is 3.75. The fraction of sp³-hybridized carbons (Fsp3) is 0.0370. The molecule has 0 atom stereocenters. The van der Waals surface area contributed by atoms with E-state index in [2.05, 4.69) is 114 Å². The average Bonchev–Trinajstić information content (AvgIpc) is 3.09. The van der Waals surface area contributed by atoms with E-state index in [4.69, 9.17) is 0 Å². The lowest BCUT2D eigenvalue weighted by molar-refractivity contribution is 1.11. The van der Waals surface area contributed by atoms with Crippen LogP contribution in [0.15, 0.2) is 97.2 Å². The molecule has 1 nitrogen and oxygen atoms in total. The minimum Gasteiger partial charge on any atom is -0.315 e. The lowest BCUT2D eigenvalue weighted by Gasteiger charge is -2.08. The predicted octanol–water partition coefficient (Wildman–Crippen LogP) is 6.49. The summed E-state index contributed by atoms with van der Waals surface area (Å²) in [5, 5.41) is 3.73. The molecule has 132 valence electrons. The molecule has 0 saturated heterocycles. The van der Waals surface area contributed by atoms with Crippen molar-refractivity contribution in [3.05, 3.63) is 114 Å². The second kappa shape index (κ2) is 6.76. The van der Waals surface area contributed by atoms with Gasteiger partial charge >= 0.3 is 0 Å². The summed E-state index contributed by atoms with van der Waals surface area (Å²) >= 11 is 0. The summed E-state index contributed by atoms with van der Waals surface area (Å²) < 4.78 is 2.25. The summed E-state index contributed by atoms with van der Waals surface area (Å²) in [6.07, 6.45) is 2.20. The number of hydrogen-bond acceptors (Lipinski definition) is 0. The van der Waals surface area contributed by atoms with Gasteiger partial charge in [-0.15, -0.1) is 0 Å². The van der Waals surface area contributed by atoms with Gasteiger partial charge < -0.3 is 4.57 Å². The summed E-state index contributed by atoms with van der Waals surface area (Å²) in [4.78, 5) is 0. The summed E-state index contributed by atoms with van der Waals surface area (Å²) in [5.41, 5.74) is 5.64. The second-order valence-electron chi connectivity index (χ2n) is 7.03. The molecule has 0 fully saturated rings. The van der Waals surface area contributed by atoms with Crippen molar-refractivity contribution in [1.82, 2.24) is 4.57 Å². The molecule has 28 heavy (non-hydrogen) atoms. The molecule has 1 heterocycles. The number of para-hydroxylation sites is 2. The molecule has 0 spiro atoms. The first kappa shape index (κ1) is 16.4. The van der Waals surface area contributed by atoms with Crippen LogP contribution >= 0.6 is 0 Å². The Morgan fingerprint density at radius 1 is 0.679 bits per heavy atom. The molecule has 0 bridgehead atoms. The van der Waals surface area contributed by atoms with Gasteiger partial charge in [0.05, 0.1) is 11.2 Å². The highest BCUT2D eigenvalue weighted by Crippen LogP contribution is 2.26. The number of benzene rings is 4. The Morgan fingerprint density at radius 2 is 1.43 bits per heavy atom. The van der Waals surface area contributed by atoms with Gasteiger partial charge in [-0.2, -0.15) is 0 Å². The third-order valence-corrected chi connectivity index (χ3v) is 5.17. The van der Waals surface area contributed by atoms with Crippen molar-refractivity contribution >= 4 is 21.7 Å². The molecule has 0 radical (unpaired) electrons. The maximum atomic E-state index is 3.40. The maximum Gasteiger partial charge on any atom is 0.0612 e. The largest absolute Gasteiger partial charge is 0.315 e. The Hall–Kier alpha value is -3.76. The van der Waals surface area contributed by atoms with E-state index in [1.807, 2.05) is 6.07 Å². The van der Waals surface area contributed by atoms with E-state index in [0.717, 1.165) is 16.8 Å². The van der Waals surface area contributed by atoms with Crippen LogP contribution < -0.4 is 0 Å². The molecule has 0 aliphatic rings. The normalized spacial score (nSPS) is 10.8. The Bertz CT molecular complexity index is 1380. The molecule has 1 aromatic heterocycles. The summed E-state index contributed by atoms with van der Waals surface area (Å²) in [7, 11) is 0. The van der Waals surface area contributed by atoms with Gasteiger partial charge in [0.2, 0.25) is 0 Å². The van der Waals surface area contributed by atoms with E-state index >= 15 is 0 Å². The molecule has 0 N–H and O–H groups in total. The van der Waals surface area contributed by atoms with Crippen molar-refractivity contribution in [2.45, 2.75) is 6.92 Å². The van der Waals surface area contributed by atoms with Crippen LogP contribution in [0.4, 0.5) is 0 Å². The Labute approximate surface area is 164 Å². The number of rotatable bonds is 1. The Balaban J connectivity index is 1.62. The van der Waals surface area contributed by atoms with E-state index < -0.39 is 0 Å². The van der Waals surface area contributed by atoms with E-state index in [1.54, 1.807) is 0 Å². The molecule has 0 unspecified atom stereocenters. The zero-order valence-corrected chi connectivity index (χ0v) is 15.7. The highest BCUT2D eigenvalue weighted by atomic mass is 15.0. The Kier molecular flexibility index (Phi) is 3.96. The first-order valence-electron chi connectivity index (χ1n) is 9.46. The molecule has 5 aromatic rings. The lowest BCUT2D eigenvalue weighted by atomic mass is 10.1. The minimum atomic E-state index is 1.02.